The molecule has 0 amide bonds. The molecule has 0 unspecified atom stereocenters. The van der Waals surface area contributed by atoms with Crippen LogP contribution in [0.25, 0.3) is 0 Å². The van der Waals surface area contributed by atoms with Crippen molar-refractivity contribution in [3.63, 3.8) is 0 Å². The van der Waals surface area contributed by atoms with Crippen molar-refractivity contribution in [1.82, 2.24) is 0 Å². The Morgan fingerprint density at radius 3 is 3.08 bits per heavy atom. The summed E-state index contributed by atoms with van der Waals surface area (Å²) in [6.45, 7) is 2.17. The van der Waals surface area contributed by atoms with Crippen LogP contribution in [0.4, 0.5) is 0 Å². The van der Waals surface area contributed by atoms with E-state index in [1.165, 1.54) is 25.3 Å². The number of esters is 1. The average Bonchev–Trinajstić information content (AvgIpc) is 2.05. The van der Waals surface area contributed by atoms with Crippen molar-refractivity contribution < 1.29 is 9.53 Å². The third kappa shape index (κ3) is 3.07. The zero-order valence-corrected chi connectivity index (χ0v) is 7.58. The highest BCUT2D eigenvalue weighted by Gasteiger charge is 2.14. The van der Waals surface area contributed by atoms with E-state index >= 15 is 0 Å². The molecule has 1 aliphatic rings. The van der Waals surface area contributed by atoms with Crippen molar-refractivity contribution in [2.75, 3.05) is 0 Å². The van der Waals surface area contributed by atoms with E-state index in [1.807, 2.05) is 6.08 Å². The minimum Gasteiger partial charge on any atom is -0.459 e. The summed E-state index contributed by atoms with van der Waals surface area (Å²) < 4.78 is 5.11. The number of unbranched alkanes of at least 4 members (excludes halogenated alkanes) is 2. The fraction of sp³-hybridized carbons (Fsp3) is 0.700. The van der Waals surface area contributed by atoms with Gasteiger partial charge in [0.05, 0.1) is 0 Å². The fourth-order valence-corrected chi connectivity index (χ4v) is 1.37. The predicted octanol–water partition coefficient (Wildman–Crippen LogP) is 2.44. The van der Waals surface area contributed by atoms with Crippen LogP contribution in [0, 0.1) is 0 Å². The van der Waals surface area contributed by atoms with E-state index in [-0.39, 0.29) is 12.1 Å². The SMILES string of the molecule is CCCCC[C@H]1CC=CC(=O)O1. The summed E-state index contributed by atoms with van der Waals surface area (Å²) in [5.74, 6) is -0.178. The molecular formula is C10H16O2. The number of hydrogen-bond acceptors (Lipinski definition) is 2. The lowest BCUT2D eigenvalue weighted by molar-refractivity contribution is -0.144. The van der Waals surface area contributed by atoms with E-state index in [4.69, 9.17) is 4.74 Å². The summed E-state index contributed by atoms with van der Waals surface area (Å²) in [7, 11) is 0. The van der Waals surface area contributed by atoms with Gasteiger partial charge in [0, 0.05) is 12.5 Å². The van der Waals surface area contributed by atoms with E-state index < -0.39 is 0 Å². The molecule has 0 aromatic rings. The summed E-state index contributed by atoms with van der Waals surface area (Å²) in [4.78, 5) is 10.8. The maximum atomic E-state index is 10.8. The number of cyclic esters (lactones) is 1. The molecule has 1 heterocycles. The number of hydrogen-bond donors (Lipinski definition) is 0. The molecular weight excluding hydrogens is 152 g/mol. The topological polar surface area (TPSA) is 26.3 Å². The first kappa shape index (κ1) is 9.30. The number of carbonyl (C=O) groups excluding carboxylic acids is 1. The lowest BCUT2D eigenvalue weighted by Crippen LogP contribution is -2.19. The Kier molecular flexibility index (Phi) is 3.85. The Balaban J connectivity index is 2.16. The van der Waals surface area contributed by atoms with Crippen LogP contribution in [0.15, 0.2) is 12.2 Å². The van der Waals surface area contributed by atoms with Crippen LogP contribution in [0.5, 0.6) is 0 Å². The van der Waals surface area contributed by atoms with Gasteiger partial charge in [-0.15, -0.1) is 0 Å². The molecule has 1 rings (SSSR count). The zero-order valence-electron chi connectivity index (χ0n) is 7.58. The third-order valence-electron chi connectivity index (χ3n) is 2.07. The highest BCUT2D eigenvalue weighted by molar-refractivity contribution is 5.82. The maximum Gasteiger partial charge on any atom is 0.330 e. The van der Waals surface area contributed by atoms with Gasteiger partial charge in [-0.1, -0.05) is 25.8 Å². The average molecular weight is 168 g/mol. The van der Waals surface area contributed by atoms with Crippen LogP contribution >= 0.6 is 0 Å². The van der Waals surface area contributed by atoms with Gasteiger partial charge in [0.2, 0.25) is 0 Å². The minimum atomic E-state index is -0.178. The zero-order chi connectivity index (χ0) is 8.81. The smallest absolute Gasteiger partial charge is 0.330 e. The normalized spacial score (nSPS) is 22.4. The van der Waals surface area contributed by atoms with Crippen molar-refractivity contribution in [2.45, 2.75) is 45.1 Å². The van der Waals surface area contributed by atoms with Gasteiger partial charge in [-0.25, -0.2) is 4.79 Å². The Morgan fingerprint density at radius 2 is 2.42 bits per heavy atom. The highest BCUT2D eigenvalue weighted by Crippen LogP contribution is 2.14. The van der Waals surface area contributed by atoms with Gasteiger partial charge in [-0.3, -0.25) is 0 Å². The molecule has 0 aromatic carbocycles. The van der Waals surface area contributed by atoms with Gasteiger partial charge in [0.1, 0.15) is 6.10 Å². The third-order valence-corrected chi connectivity index (χ3v) is 2.07. The molecule has 12 heavy (non-hydrogen) atoms. The highest BCUT2D eigenvalue weighted by atomic mass is 16.5. The van der Waals surface area contributed by atoms with E-state index in [0.717, 1.165) is 12.8 Å². The van der Waals surface area contributed by atoms with Gasteiger partial charge in [0.25, 0.3) is 0 Å². The second-order valence-electron chi connectivity index (χ2n) is 3.19. The van der Waals surface area contributed by atoms with E-state index in [2.05, 4.69) is 6.92 Å². The lowest BCUT2D eigenvalue weighted by Gasteiger charge is -2.17. The Labute approximate surface area is 73.6 Å². The molecule has 0 saturated heterocycles. The fourth-order valence-electron chi connectivity index (χ4n) is 1.37. The van der Waals surface area contributed by atoms with E-state index in [1.54, 1.807) is 0 Å². The molecule has 0 bridgehead atoms. The van der Waals surface area contributed by atoms with E-state index in [0.29, 0.717) is 0 Å². The second-order valence-corrected chi connectivity index (χ2v) is 3.19. The summed E-state index contributed by atoms with van der Waals surface area (Å²) in [6, 6.07) is 0. The molecule has 68 valence electrons. The van der Waals surface area contributed by atoms with Crippen molar-refractivity contribution in [3.8, 4) is 0 Å². The van der Waals surface area contributed by atoms with Gasteiger partial charge in [-0.2, -0.15) is 0 Å². The number of ether oxygens (including phenoxy) is 1. The molecule has 1 aliphatic heterocycles. The minimum absolute atomic E-state index is 0.147. The molecule has 2 heteroatoms. The molecule has 0 fully saturated rings. The van der Waals surface area contributed by atoms with Crippen molar-refractivity contribution in [1.29, 1.82) is 0 Å². The summed E-state index contributed by atoms with van der Waals surface area (Å²) in [6.07, 6.45) is 9.10. The molecule has 0 N–H and O–H groups in total. The summed E-state index contributed by atoms with van der Waals surface area (Å²) in [5.41, 5.74) is 0. The quantitative estimate of drug-likeness (QED) is 0.476. The standard InChI is InChI=1S/C10H16O2/c1-2-3-4-6-9-7-5-8-10(11)12-9/h5,8-9H,2-4,6-7H2,1H3/t9-/m0/s1. The van der Waals surface area contributed by atoms with Gasteiger partial charge < -0.3 is 4.74 Å². The van der Waals surface area contributed by atoms with Crippen molar-refractivity contribution in [2.24, 2.45) is 0 Å². The van der Waals surface area contributed by atoms with Crippen LogP contribution in [-0.2, 0) is 9.53 Å². The van der Waals surface area contributed by atoms with Crippen LogP contribution in [0.3, 0.4) is 0 Å². The molecule has 2 nitrogen and oxygen atoms in total. The summed E-state index contributed by atoms with van der Waals surface area (Å²) in [5, 5.41) is 0. The molecule has 1 atom stereocenters. The Hall–Kier alpha value is -0.790. The monoisotopic (exact) mass is 168 g/mol. The van der Waals surface area contributed by atoms with Gasteiger partial charge in [0.15, 0.2) is 0 Å². The molecule has 0 aliphatic carbocycles. The van der Waals surface area contributed by atoms with Gasteiger partial charge >= 0.3 is 5.97 Å². The largest absolute Gasteiger partial charge is 0.459 e. The Bertz CT molecular complexity index is 173. The van der Waals surface area contributed by atoms with Crippen LogP contribution < -0.4 is 0 Å². The van der Waals surface area contributed by atoms with E-state index in [9.17, 15) is 4.79 Å². The van der Waals surface area contributed by atoms with Crippen LogP contribution in [0.2, 0.25) is 0 Å². The molecule has 0 radical (unpaired) electrons. The van der Waals surface area contributed by atoms with Crippen LogP contribution in [-0.4, -0.2) is 12.1 Å². The predicted molar refractivity (Wildman–Crippen MR) is 47.8 cm³/mol. The molecule has 0 spiro atoms. The van der Waals surface area contributed by atoms with Crippen molar-refractivity contribution in [3.05, 3.63) is 12.2 Å². The van der Waals surface area contributed by atoms with Crippen molar-refractivity contribution >= 4 is 5.97 Å². The van der Waals surface area contributed by atoms with Gasteiger partial charge in [-0.05, 0) is 12.8 Å². The van der Waals surface area contributed by atoms with Crippen LogP contribution in [0.1, 0.15) is 39.0 Å². The Morgan fingerprint density at radius 1 is 1.58 bits per heavy atom. The maximum absolute atomic E-state index is 10.8. The first-order valence-electron chi connectivity index (χ1n) is 4.70. The number of carbonyl (C=O) groups is 1. The first-order valence-corrected chi connectivity index (χ1v) is 4.70. The summed E-state index contributed by atoms with van der Waals surface area (Å²) >= 11 is 0. The molecule has 0 saturated carbocycles. The number of rotatable bonds is 4. The lowest BCUT2D eigenvalue weighted by atomic mass is 10.1. The first-order chi connectivity index (χ1) is 5.83. The second kappa shape index (κ2) is 4.96. The molecule has 0 aromatic heterocycles.